The molecule has 0 bridgehead atoms. The molecule has 1 aliphatic rings. The number of aryl methyl sites for hydroxylation is 3. The molecule has 1 aliphatic heterocycles. The van der Waals surface area contributed by atoms with Crippen molar-refractivity contribution < 1.29 is 12.9 Å². The lowest BCUT2D eigenvalue weighted by Gasteiger charge is -2.33. The summed E-state index contributed by atoms with van der Waals surface area (Å²) in [4.78, 5) is 0.173. The summed E-state index contributed by atoms with van der Waals surface area (Å²) >= 11 is 0. The van der Waals surface area contributed by atoms with Gasteiger partial charge in [0, 0.05) is 13.1 Å². The molecular weight excluding hydrogens is 318 g/mol. The molecule has 2 aromatic heterocycles. The molecule has 0 radical (unpaired) electrons. The SMILES string of the molecule is CCn1cnnc1[C@@H]1CCCCN1S(=O)(=O)c1c(C)noc1C. The van der Waals surface area contributed by atoms with Crippen molar-refractivity contribution in [1.29, 1.82) is 0 Å². The predicted molar refractivity (Wildman–Crippen MR) is 82.2 cm³/mol. The largest absolute Gasteiger partial charge is 0.360 e. The third-order valence-corrected chi connectivity index (χ3v) is 6.43. The molecule has 2 aromatic rings. The number of rotatable bonds is 4. The first-order chi connectivity index (χ1) is 11.0. The smallest absolute Gasteiger partial charge is 0.249 e. The van der Waals surface area contributed by atoms with Gasteiger partial charge in [-0.2, -0.15) is 4.31 Å². The average molecular weight is 339 g/mol. The minimum absolute atomic E-state index is 0.173. The van der Waals surface area contributed by atoms with Crippen LogP contribution in [0.5, 0.6) is 0 Å². The summed E-state index contributed by atoms with van der Waals surface area (Å²) in [5.74, 6) is 1.02. The second-order valence-corrected chi connectivity index (χ2v) is 7.58. The Bertz CT molecular complexity index is 776. The van der Waals surface area contributed by atoms with Crippen molar-refractivity contribution in [2.75, 3.05) is 6.54 Å². The van der Waals surface area contributed by atoms with E-state index in [0.717, 1.165) is 19.3 Å². The van der Waals surface area contributed by atoms with E-state index in [4.69, 9.17) is 4.52 Å². The van der Waals surface area contributed by atoms with Crippen molar-refractivity contribution >= 4 is 10.0 Å². The van der Waals surface area contributed by atoms with Crippen molar-refractivity contribution in [2.24, 2.45) is 0 Å². The molecule has 9 heteroatoms. The fourth-order valence-electron chi connectivity index (χ4n) is 3.18. The number of aromatic nitrogens is 4. The van der Waals surface area contributed by atoms with Crippen LogP contribution in [0, 0.1) is 13.8 Å². The highest BCUT2D eigenvalue weighted by Crippen LogP contribution is 2.36. The maximum atomic E-state index is 13.2. The molecule has 0 N–H and O–H groups in total. The summed E-state index contributed by atoms with van der Waals surface area (Å²) < 4.78 is 34.8. The van der Waals surface area contributed by atoms with Crippen molar-refractivity contribution in [2.45, 2.75) is 57.5 Å². The highest BCUT2D eigenvalue weighted by Gasteiger charge is 2.39. The summed E-state index contributed by atoms with van der Waals surface area (Å²) in [6, 6.07) is -0.301. The van der Waals surface area contributed by atoms with Gasteiger partial charge in [0.15, 0.2) is 11.6 Å². The molecule has 0 spiro atoms. The molecule has 23 heavy (non-hydrogen) atoms. The Balaban J connectivity index is 2.05. The van der Waals surface area contributed by atoms with Crippen LogP contribution in [-0.4, -0.2) is 39.2 Å². The zero-order valence-corrected chi connectivity index (χ0v) is 14.4. The lowest BCUT2D eigenvalue weighted by Crippen LogP contribution is -2.40. The van der Waals surface area contributed by atoms with E-state index in [1.54, 1.807) is 20.2 Å². The zero-order chi connectivity index (χ0) is 16.6. The topological polar surface area (TPSA) is 94.1 Å². The monoisotopic (exact) mass is 339 g/mol. The summed E-state index contributed by atoms with van der Waals surface area (Å²) in [6.45, 7) is 6.44. The van der Waals surface area contributed by atoms with Crippen LogP contribution in [0.25, 0.3) is 0 Å². The van der Waals surface area contributed by atoms with Crippen LogP contribution in [0.1, 0.15) is 49.5 Å². The van der Waals surface area contributed by atoms with Gasteiger partial charge >= 0.3 is 0 Å². The van der Waals surface area contributed by atoms with E-state index < -0.39 is 10.0 Å². The first kappa shape index (κ1) is 16.1. The molecule has 0 unspecified atom stereocenters. The molecule has 0 aromatic carbocycles. The third kappa shape index (κ3) is 2.67. The molecule has 126 valence electrons. The Kier molecular flexibility index (Phi) is 4.24. The van der Waals surface area contributed by atoms with Gasteiger partial charge in [-0.1, -0.05) is 11.6 Å². The van der Waals surface area contributed by atoms with Crippen molar-refractivity contribution in [1.82, 2.24) is 24.2 Å². The fourth-order valence-corrected chi connectivity index (χ4v) is 5.13. The minimum atomic E-state index is -3.68. The maximum Gasteiger partial charge on any atom is 0.249 e. The number of hydrogen-bond acceptors (Lipinski definition) is 6. The fraction of sp³-hybridized carbons (Fsp3) is 0.643. The number of piperidine rings is 1. The molecular formula is C14H21N5O3S. The van der Waals surface area contributed by atoms with E-state index in [1.165, 1.54) is 4.31 Å². The lowest BCUT2D eigenvalue weighted by atomic mass is 10.0. The maximum absolute atomic E-state index is 13.2. The van der Waals surface area contributed by atoms with Gasteiger partial charge < -0.3 is 9.09 Å². The van der Waals surface area contributed by atoms with Crippen LogP contribution in [0.4, 0.5) is 0 Å². The molecule has 1 saturated heterocycles. The van der Waals surface area contributed by atoms with Gasteiger partial charge in [0.25, 0.3) is 0 Å². The molecule has 3 heterocycles. The van der Waals surface area contributed by atoms with Gasteiger partial charge in [-0.3, -0.25) is 0 Å². The van der Waals surface area contributed by atoms with E-state index in [1.807, 2.05) is 11.5 Å². The number of nitrogens with zero attached hydrogens (tertiary/aromatic N) is 5. The van der Waals surface area contributed by atoms with E-state index >= 15 is 0 Å². The second kappa shape index (κ2) is 6.04. The minimum Gasteiger partial charge on any atom is -0.360 e. The summed E-state index contributed by atoms with van der Waals surface area (Å²) in [5, 5.41) is 11.9. The van der Waals surface area contributed by atoms with Crippen LogP contribution in [0.3, 0.4) is 0 Å². The Hall–Kier alpha value is -1.74. The highest BCUT2D eigenvalue weighted by molar-refractivity contribution is 7.89. The van der Waals surface area contributed by atoms with E-state index in [0.29, 0.717) is 30.4 Å². The second-order valence-electron chi connectivity index (χ2n) is 5.76. The molecule has 3 rings (SSSR count). The van der Waals surface area contributed by atoms with Crippen LogP contribution in [0.2, 0.25) is 0 Å². The predicted octanol–water partition coefficient (Wildman–Crippen LogP) is 1.82. The van der Waals surface area contributed by atoms with Crippen LogP contribution < -0.4 is 0 Å². The first-order valence-electron chi connectivity index (χ1n) is 7.79. The molecule has 0 aliphatic carbocycles. The summed E-state index contributed by atoms with van der Waals surface area (Å²) in [7, 11) is -3.68. The van der Waals surface area contributed by atoms with E-state index in [-0.39, 0.29) is 10.9 Å². The Labute approximate surface area is 135 Å². The summed E-state index contributed by atoms with van der Waals surface area (Å²) in [5.41, 5.74) is 0.392. The van der Waals surface area contributed by atoms with Crippen LogP contribution >= 0.6 is 0 Å². The zero-order valence-electron chi connectivity index (χ0n) is 13.6. The molecule has 0 saturated carbocycles. The number of hydrogen-bond donors (Lipinski definition) is 0. The highest BCUT2D eigenvalue weighted by atomic mass is 32.2. The quantitative estimate of drug-likeness (QED) is 0.843. The van der Waals surface area contributed by atoms with E-state index in [9.17, 15) is 8.42 Å². The van der Waals surface area contributed by atoms with Gasteiger partial charge in [-0.05, 0) is 33.6 Å². The average Bonchev–Trinajstić information content (AvgIpc) is 3.13. The van der Waals surface area contributed by atoms with Crippen molar-refractivity contribution in [3.05, 3.63) is 23.6 Å². The van der Waals surface area contributed by atoms with Crippen molar-refractivity contribution in [3.63, 3.8) is 0 Å². The lowest BCUT2D eigenvalue weighted by molar-refractivity contribution is 0.240. The molecule has 0 amide bonds. The van der Waals surface area contributed by atoms with E-state index in [2.05, 4.69) is 15.4 Å². The van der Waals surface area contributed by atoms with Gasteiger partial charge in [-0.15, -0.1) is 10.2 Å². The molecule has 1 fully saturated rings. The number of sulfonamides is 1. The van der Waals surface area contributed by atoms with Gasteiger partial charge in [0.05, 0.1) is 6.04 Å². The Morgan fingerprint density at radius 2 is 2.13 bits per heavy atom. The Morgan fingerprint density at radius 1 is 1.35 bits per heavy atom. The van der Waals surface area contributed by atoms with Gasteiger partial charge in [0.2, 0.25) is 10.0 Å². The summed E-state index contributed by atoms with van der Waals surface area (Å²) in [6.07, 6.45) is 4.18. The standard InChI is InChI=1S/C14H21N5O3S/c1-4-18-9-15-16-14(18)12-7-5-6-8-19(12)23(20,21)13-10(2)17-22-11(13)3/h9,12H,4-8H2,1-3H3/t12-/m0/s1. The van der Waals surface area contributed by atoms with Crippen molar-refractivity contribution in [3.8, 4) is 0 Å². The van der Waals surface area contributed by atoms with Crippen LogP contribution in [-0.2, 0) is 16.6 Å². The normalized spacial score (nSPS) is 20.0. The van der Waals surface area contributed by atoms with Gasteiger partial charge in [0.1, 0.15) is 16.9 Å². The molecule has 8 nitrogen and oxygen atoms in total. The first-order valence-corrected chi connectivity index (χ1v) is 9.23. The van der Waals surface area contributed by atoms with Crippen LogP contribution in [0.15, 0.2) is 15.7 Å². The Morgan fingerprint density at radius 3 is 2.78 bits per heavy atom. The molecule has 1 atom stereocenters. The third-order valence-electron chi connectivity index (χ3n) is 4.27. The van der Waals surface area contributed by atoms with Gasteiger partial charge in [-0.25, -0.2) is 8.42 Å².